The van der Waals surface area contributed by atoms with Crippen LogP contribution in [0.4, 0.5) is 0 Å². The topological polar surface area (TPSA) is 18.5 Å². The highest BCUT2D eigenvalue weighted by Crippen LogP contribution is 2.32. The molecule has 122 valence electrons. The molecule has 0 aromatic heterocycles. The predicted molar refractivity (Wildman–Crippen MR) is 91.8 cm³/mol. The SMILES string of the molecule is CC.CC.CCc1cccc(C(OC)[C@@H]2CC[C@H](C)O2)c1. The molecule has 3 atom stereocenters. The number of rotatable bonds is 4. The molecule has 1 saturated heterocycles. The van der Waals surface area contributed by atoms with Crippen molar-refractivity contribution in [3.05, 3.63) is 35.4 Å². The second-order valence-corrected chi connectivity index (χ2v) is 4.82. The van der Waals surface area contributed by atoms with E-state index >= 15 is 0 Å². The lowest BCUT2D eigenvalue weighted by Crippen LogP contribution is -2.20. The minimum atomic E-state index is 0.0754. The van der Waals surface area contributed by atoms with Crippen molar-refractivity contribution in [2.24, 2.45) is 0 Å². The van der Waals surface area contributed by atoms with Crippen molar-refractivity contribution < 1.29 is 9.47 Å². The highest BCUT2D eigenvalue weighted by Gasteiger charge is 2.30. The van der Waals surface area contributed by atoms with Crippen molar-refractivity contribution in [2.75, 3.05) is 7.11 Å². The maximum atomic E-state index is 5.92. The number of methoxy groups -OCH3 is 1. The number of hydrogen-bond donors (Lipinski definition) is 0. The van der Waals surface area contributed by atoms with E-state index < -0.39 is 0 Å². The Morgan fingerprint density at radius 2 is 1.86 bits per heavy atom. The molecule has 1 heterocycles. The van der Waals surface area contributed by atoms with Crippen LogP contribution in [0, 0.1) is 0 Å². The van der Waals surface area contributed by atoms with E-state index in [1.165, 1.54) is 11.1 Å². The zero-order valence-corrected chi connectivity index (χ0v) is 15.0. The van der Waals surface area contributed by atoms with Crippen LogP contribution >= 0.6 is 0 Å². The quantitative estimate of drug-likeness (QED) is 0.724. The Balaban J connectivity index is 0.000000921. The lowest BCUT2D eigenvalue weighted by molar-refractivity contribution is -0.0497. The molecule has 1 fully saturated rings. The molecule has 1 unspecified atom stereocenters. The normalized spacial score (nSPS) is 21.7. The molecular weight excluding hydrogens is 260 g/mol. The van der Waals surface area contributed by atoms with Gasteiger partial charge in [0, 0.05) is 7.11 Å². The fraction of sp³-hybridized carbons (Fsp3) is 0.684. The summed E-state index contributed by atoms with van der Waals surface area (Å²) in [5.41, 5.74) is 2.60. The first kappa shape index (κ1) is 20.1. The summed E-state index contributed by atoms with van der Waals surface area (Å²) in [6.07, 6.45) is 3.95. The Bertz CT molecular complexity index is 362. The molecule has 2 nitrogen and oxygen atoms in total. The average Bonchev–Trinajstić information content (AvgIpc) is 2.98. The van der Waals surface area contributed by atoms with Crippen molar-refractivity contribution in [3.63, 3.8) is 0 Å². The smallest absolute Gasteiger partial charge is 0.108 e. The number of aryl methyl sites for hydroxylation is 1. The van der Waals surface area contributed by atoms with E-state index in [-0.39, 0.29) is 12.2 Å². The van der Waals surface area contributed by atoms with Gasteiger partial charge in [0.15, 0.2) is 0 Å². The van der Waals surface area contributed by atoms with Crippen LogP contribution in [0.25, 0.3) is 0 Å². The van der Waals surface area contributed by atoms with Crippen molar-refractivity contribution in [3.8, 4) is 0 Å². The summed E-state index contributed by atoms with van der Waals surface area (Å²) in [5, 5.41) is 0. The molecule has 0 aliphatic carbocycles. The van der Waals surface area contributed by atoms with E-state index in [1.807, 2.05) is 27.7 Å². The Kier molecular flexibility index (Phi) is 11.3. The fourth-order valence-electron chi connectivity index (χ4n) is 2.55. The Labute approximate surface area is 131 Å². The molecule has 0 saturated carbocycles. The van der Waals surface area contributed by atoms with Crippen molar-refractivity contribution in [1.29, 1.82) is 0 Å². The molecular formula is C19H34O2. The van der Waals surface area contributed by atoms with Crippen LogP contribution < -0.4 is 0 Å². The maximum absolute atomic E-state index is 5.92. The first-order valence-corrected chi connectivity index (χ1v) is 8.51. The zero-order valence-electron chi connectivity index (χ0n) is 15.0. The standard InChI is InChI=1S/C15H22O2.2C2H6/c1-4-12-6-5-7-13(10-12)15(16-3)14-9-8-11(2)17-14;2*1-2/h5-7,10-11,14-15H,4,8-9H2,1-3H3;2*1-2H3/t11-,14-,15?;;/m0../s1. The second-order valence-electron chi connectivity index (χ2n) is 4.82. The Morgan fingerprint density at radius 3 is 2.33 bits per heavy atom. The average molecular weight is 294 g/mol. The first-order valence-electron chi connectivity index (χ1n) is 8.51. The molecule has 1 aliphatic rings. The molecule has 1 aromatic carbocycles. The second kappa shape index (κ2) is 11.8. The molecule has 0 radical (unpaired) electrons. The zero-order chi connectivity index (χ0) is 16.3. The molecule has 2 rings (SSSR count). The number of ether oxygens (including phenoxy) is 2. The lowest BCUT2D eigenvalue weighted by Gasteiger charge is -2.23. The van der Waals surface area contributed by atoms with Gasteiger partial charge in [0.1, 0.15) is 6.10 Å². The summed E-state index contributed by atoms with van der Waals surface area (Å²) in [4.78, 5) is 0. The summed E-state index contributed by atoms with van der Waals surface area (Å²) >= 11 is 0. The Hall–Kier alpha value is -0.860. The van der Waals surface area contributed by atoms with Crippen LogP contribution in [0.1, 0.15) is 71.6 Å². The van der Waals surface area contributed by atoms with Crippen molar-refractivity contribution in [2.45, 2.75) is 79.1 Å². The maximum Gasteiger partial charge on any atom is 0.108 e. The van der Waals surface area contributed by atoms with Crippen LogP contribution in [0.5, 0.6) is 0 Å². The van der Waals surface area contributed by atoms with Gasteiger partial charge >= 0.3 is 0 Å². The highest BCUT2D eigenvalue weighted by atomic mass is 16.5. The van der Waals surface area contributed by atoms with E-state index in [0.29, 0.717) is 6.10 Å². The van der Waals surface area contributed by atoms with Crippen molar-refractivity contribution >= 4 is 0 Å². The Morgan fingerprint density at radius 1 is 1.19 bits per heavy atom. The monoisotopic (exact) mass is 294 g/mol. The van der Waals surface area contributed by atoms with Gasteiger partial charge in [-0.1, -0.05) is 58.9 Å². The van der Waals surface area contributed by atoms with E-state index in [0.717, 1.165) is 19.3 Å². The van der Waals surface area contributed by atoms with Gasteiger partial charge in [-0.2, -0.15) is 0 Å². The third-order valence-electron chi connectivity index (χ3n) is 3.54. The van der Waals surface area contributed by atoms with E-state index in [1.54, 1.807) is 7.11 Å². The number of benzene rings is 1. The minimum absolute atomic E-state index is 0.0754. The third-order valence-corrected chi connectivity index (χ3v) is 3.54. The van der Waals surface area contributed by atoms with Crippen LogP contribution in [0.15, 0.2) is 24.3 Å². The molecule has 1 aromatic rings. The summed E-state index contributed by atoms with van der Waals surface area (Å²) in [6.45, 7) is 12.3. The lowest BCUT2D eigenvalue weighted by atomic mass is 9.99. The van der Waals surface area contributed by atoms with Gasteiger partial charge in [0.05, 0.1) is 12.2 Å². The summed E-state index contributed by atoms with van der Waals surface area (Å²) in [5.74, 6) is 0. The van der Waals surface area contributed by atoms with Gasteiger partial charge in [-0.05, 0) is 37.3 Å². The van der Waals surface area contributed by atoms with Crippen LogP contribution in [0.2, 0.25) is 0 Å². The summed E-state index contributed by atoms with van der Waals surface area (Å²) in [6, 6.07) is 8.65. The number of hydrogen-bond acceptors (Lipinski definition) is 2. The predicted octanol–water partition coefficient (Wildman–Crippen LogP) is 5.56. The first-order chi connectivity index (χ1) is 10.2. The molecule has 0 amide bonds. The highest BCUT2D eigenvalue weighted by molar-refractivity contribution is 5.26. The molecule has 2 heteroatoms. The molecule has 1 aliphatic heterocycles. The van der Waals surface area contributed by atoms with Gasteiger partial charge in [-0.25, -0.2) is 0 Å². The van der Waals surface area contributed by atoms with Crippen molar-refractivity contribution in [1.82, 2.24) is 0 Å². The fourth-order valence-corrected chi connectivity index (χ4v) is 2.55. The van der Waals surface area contributed by atoms with Gasteiger partial charge in [0.2, 0.25) is 0 Å². The van der Waals surface area contributed by atoms with Crippen LogP contribution in [0.3, 0.4) is 0 Å². The molecule has 0 spiro atoms. The molecule has 21 heavy (non-hydrogen) atoms. The third kappa shape index (κ3) is 6.19. The van der Waals surface area contributed by atoms with E-state index in [9.17, 15) is 0 Å². The largest absolute Gasteiger partial charge is 0.374 e. The van der Waals surface area contributed by atoms with E-state index in [2.05, 4.69) is 38.1 Å². The van der Waals surface area contributed by atoms with Gasteiger partial charge in [-0.3, -0.25) is 0 Å². The van der Waals surface area contributed by atoms with Crippen LogP contribution in [-0.4, -0.2) is 19.3 Å². The molecule has 0 bridgehead atoms. The van der Waals surface area contributed by atoms with Gasteiger partial charge in [0.25, 0.3) is 0 Å². The summed E-state index contributed by atoms with van der Waals surface area (Å²) in [7, 11) is 1.77. The van der Waals surface area contributed by atoms with E-state index in [4.69, 9.17) is 9.47 Å². The minimum Gasteiger partial charge on any atom is -0.374 e. The van der Waals surface area contributed by atoms with Gasteiger partial charge in [-0.15, -0.1) is 0 Å². The van der Waals surface area contributed by atoms with Crippen LogP contribution in [-0.2, 0) is 15.9 Å². The summed E-state index contributed by atoms with van der Waals surface area (Å²) < 4.78 is 11.6. The molecule has 0 N–H and O–H groups in total. The van der Waals surface area contributed by atoms with Gasteiger partial charge < -0.3 is 9.47 Å².